The molecule has 1 aliphatic rings. The van der Waals surface area contributed by atoms with Crippen LogP contribution in [0.4, 0.5) is 0 Å². The zero-order valence-corrected chi connectivity index (χ0v) is 17.5. The Labute approximate surface area is 173 Å². The van der Waals surface area contributed by atoms with Crippen LogP contribution in [0.3, 0.4) is 0 Å². The number of nitrogens with one attached hydrogen (secondary N) is 2. The van der Waals surface area contributed by atoms with Crippen molar-refractivity contribution in [2.45, 2.75) is 39.4 Å². The van der Waals surface area contributed by atoms with Gasteiger partial charge in [-0.15, -0.1) is 0 Å². The van der Waals surface area contributed by atoms with E-state index in [0.717, 1.165) is 30.2 Å². The van der Waals surface area contributed by atoms with E-state index in [1.807, 2.05) is 30.0 Å². The highest BCUT2D eigenvalue weighted by Gasteiger charge is 2.20. The fourth-order valence-electron chi connectivity index (χ4n) is 3.54. The van der Waals surface area contributed by atoms with E-state index in [9.17, 15) is 4.79 Å². The Morgan fingerprint density at radius 2 is 1.83 bits per heavy atom. The van der Waals surface area contributed by atoms with Crippen LogP contribution in [0.2, 0.25) is 0 Å². The van der Waals surface area contributed by atoms with Crippen molar-refractivity contribution in [2.75, 3.05) is 20.7 Å². The Hall–Kier alpha value is -3.02. The molecule has 154 valence electrons. The molecule has 0 radical (unpaired) electrons. The summed E-state index contributed by atoms with van der Waals surface area (Å²) < 4.78 is 5.48. The van der Waals surface area contributed by atoms with Crippen molar-refractivity contribution < 1.29 is 9.53 Å². The van der Waals surface area contributed by atoms with E-state index in [2.05, 4.69) is 39.9 Å². The topological polar surface area (TPSA) is 66.0 Å². The number of nitrogens with zero attached hydrogens (tertiary/aromatic N) is 2. The molecule has 2 aromatic carbocycles. The molecule has 0 saturated carbocycles. The molecule has 0 bridgehead atoms. The van der Waals surface area contributed by atoms with Gasteiger partial charge in [0.05, 0.1) is 7.11 Å². The van der Waals surface area contributed by atoms with E-state index in [-0.39, 0.29) is 5.91 Å². The summed E-state index contributed by atoms with van der Waals surface area (Å²) in [5.74, 6) is 1.84. The van der Waals surface area contributed by atoms with Crippen LogP contribution in [0.1, 0.15) is 35.1 Å². The molecule has 2 aromatic rings. The minimum atomic E-state index is 0.247. The van der Waals surface area contributed by atoms with Crippen molar-refractivity contribution >= 4 is 11.9 Å². The van der Waals surface area contributed by atoms with Gasteiger partial charge in [0, 0.05) is 45.2 Å². The number of amides is 1. The van der Waals surface area contributed by atoms with Crippen LogP contribution in [-0.4, -0.2) is 37.5 Å². The van der Waals surface area contributed by atoms with Gasteiger partial charge in [0.2, 0.25) is 5.91 Å². The fraction of sp³-hybridized carbons (Fsp3) is 0.391. The van der Waals surface area contributed by atoms with Crippen molar-refractivity contribution in [3.63, 3.8) is 0 Å². The van der Waals surface area contributed by atoms with Crippen molar-refractivity contribution in [2.24, 2.45) is 4.99 Å². The van der Waals surface area contributed by atoms with Gasteiger partial charge < -0.3 is 20.3 Å². The van der Waals surface area contributed by atoms with Crippen LogP contribution >= 0.6 is 0 Å². The average molecular weight is 395 g/mol. The number of hydrogen-bond donors (Lipinski definition) is 2. The summed E-state index contributed by atoms with van der Waals surface area (Å²) in [7, 11) is 3.45. The van der Waals surface area contributed by atoms with Gasteiger partial charge in [-0.2, -0.15) is 0 Å². The molecule has 0 spiro atoms. The molecule has 0 aliphatic carbocycles. The number of methoxy groups -OCH3 is 1. The zero-order valence-electron chi connectivity index (χ0n) is 17.5. The second kappa shape index (κ2) is 9.96. The number of carbonyl (C=O) groups excluding carboxylic acids is 1. The lowest BCUT2D eigenvalue weighted by molar-refractivity contribution is -0.128. The first-order chi connectivity index (χ1) is 14.1. The molecule has 1 heterocycles. The third-order valence-corrected chi connectivity index (χ3v) is 5.21. The number of aliphatic imine (C=N–C) groups is 1. The zero-order chi connectivity index (χ0) is 20.6. The fourth-order valence-corrected chi connectivity index (χ4v) is 3.54. The monoisotopic (exact) mass is 394 g/mol. The molecule has 6 nitrogen and oxygen atoms in total. The Balaban J connectivity index is 1.59. The van der Waals surface area contributed by atoms with Gasteiger partial charge in [0.25, 0.3) is 0 Å². The maximum atomic E-state index is 12.0. The van der Waals surface area contributed by atoms with Gasteiger partial charge in [-0.05, 0) is 36.1 Å². The first-order valence-electron chi connectivity index (χ1n) is 10.0. The van der Waals surface area contributed by atoms with Gasteiger partial charge in [-0.25, -0.2) is 0 Å². The minimum absolute atomic E-state index is 0.247. The van der Waals surface area contributed by atoms with E-state index in [0.29, 0.717) is 26.1 Å². The van der Waals surface area contributed by atoms with Crippen molar-refractivity contribution in [1.29, 1.82) is 0 Å². The summed E-state index contributed by atoms with van der Waals surface area (Å²) in [5.41, 5.74) is 4.59. The maximum absolute atomic E-state index is 12.0. The Kier molecular flexibility index (Phi) is 7.11. The van der Waals surface area contributed by atoms with E-state index < -0.39 is 0 Å². The minimum Gasteiger partial charge on any atom is -0.496 e. The van der Waals surface area contributed by atoms with Gasteiger partial charge >= 0.3 is 0 Å². The predicted octanol–water partition coefficient (Wildman–Crippen LogP) is 2.99. The number of aryl methyl sites for hydroxylation is 1. The second-order valence-corrected chi connectivity index (χ2v) is 7.28. The summed E-state index contributed by atoms with van der Waals surface area (Å²) in [6, 6.07) is 14.4. The van der Waals surface area contributed by atoms with Crippen LogP contribution in [-0.2, 0) is 24.4 Å². The first-order valence-corrected chi connectivity index (χ1v) is 10.0. The second-order valence-electron chi connectivity index (χ2n) is 7.28. The van der Waals surface area contributed by atoms with Gasteiger partial charge in [0.15, 0.2) is 5.96 Å². The third-order valence-electron chi connectivity index (χ3n) is 5.21. The van der Waals surface area contributed by atoms with Gasteiger partial charge in [0.1, 0.15) is 5.75 Å². The van der Waals surface area contributed by atoms with E-state index >= 15 is 0 Å². The molecule has 29 heavy (non-hydrogen) atoms. The van der Waals surface area contributed by atoms with E-state index in [1.54, 1.807) is 14.2 Å². The average Bonchev–Trinajstić information content (AvgIpc) is 3.14. The molecule has 6 heteroatoms. The standard InChI is InChI=1S/C23H30N4O2/c1-17-10-11-19(21(13-17)29-3)15-26-23(24-2)25-14-18-7-4-5-8-20(18)16-27-12-6-9-22(27)28/h4-5,7-8,10-11,13H,6,9,12,14-16H2,1-3H3,(H2,24,25,26). The van der Waals surface area contributed by atoms with Crippen LogP contribution in [0.15, 0.2) is 47.5 Å². The number of benzene rings is 2. The van der Waals surface area contributed by atoms with Crippen molar-refractivity contribution in [1.82, 2.24) is 15.5 Å². The lowest BCUT2D eigenvalue weighted by atomic mass is 10.1. The number of carbonyl (C=O) groups is 1. The van der Waals surface area contributed by atoms with Crippen LogP contribution in [0.5, 0.6) is 5.75 Å². The first kappa shape index (κ1) is 20.7. The Morgan fingerprint density at radius 3 is 2.48 bits per heavy atom. The number of guanidine groups is 1. The summed E-state index contributed by atoms with van der Waals surface area (Å²) >= 11 is 0. The molecule has 0 aromatic heterocycles. The number of ether oxygens (including phenoxy) is 1. The highest BCUT2D eigenvalue weighted by atomic mass is 16.5. The number of likely N-dealkylation sites (tertiary alicyclic amines) is 1. The smallest absolute Gasteiger partial charge is 0.222 e. The third kappa shape index (κ3) is 5.50. The maximum Gasteiger partial charge on any atom is 0.222 e. The molecule has 1 saturated heterocycles. The van der Waals surface area contributed by atoms with Crippen LogP contribution in [0, 0.1) is 6.92 Å². The van der Waals surface area contributed by atoms with Crippen molar-refractivity contribution in [3.05, 3.63) is 64.7 Å². The van der Waals surface area contributed by atoms with E-state index in [4.69, 9.17) is 4.74 Å². The summed E-state index contributed by atoms with van der Waals surface area (Å²) in [4.78, 5) is 18.2. The highest BCUT2D eigenvalue weighted by molar-refractivity contribution is 5.80. The molecule has 2 N–H and O–H groups in total. The largest absolute Gasteiger partial charge is 0.496 e. The van der Waals surface area contributed by atoms with Crippen LogP contribution in [0.25, 0.3) is 0 Å². The Morgan fingerprint density at radius 1 is 1.10 bits per heavy atom. The molecule has 0 unspecified atom stereocenters. The molecular weight excluding hydrogens is 364 g/mol. The van der Waals surface area contributed by atoms with Gasteiger partial charge in [-0.1, -0.05) is 36.4 Å². The molecule has 1 aliphatic heterocycles. The quantitative estimate of drug-likeness (QED) is 0.560. The van der Waals surface area contributed by atoms with Gasteiger partial charge in [-0.3, -0.25) is 9.79 Å². The summed E-state index contributed by atoms with van der Waals surface area (Å²) in [6.07, 6.45) is 1.62. The molecule has 1 fully saturated rings. The normalized spacial score (nSPS) is 14.2. The van der Waals surface area contributed by atoms with Crippen LogP contribution < -0.4 is 15.4 Å². The molecular formula is C23H30N4O2. The summed E-state index contributed by atoms with van der Waals surface area (Å²) in [5, 5.41) is 6.72. The molecule has 1 amide bonds. The molecule has 0 atom stereocenters. The van der Waals surface area contributed by atoms with Crippen molar-refractivity contribution in [3.8, 4) is 5.75 Å². The predicted molar refractivity (Wildman–Crippen MR) is 116 cm³/mol. The lowest BCUT2D eigenvalue weighted by Gasteiger charge is -2.19. The summed E-state index contributed by atoms with van der Waals surface area (Å²) in [6.45, 7) is 4.83. The highest BCUT2D eigenvalue weighted by Crippen LogP contribution is 2.20. The van der Waals surface area contributed by atoms with E-state index in [1.165, 1.54) is 16.7 Å². The SMILES string of the molecule is CN=C(NCc1ccccc1CN1CCCC1=O)NCc1ccc(C)cc1OC. The Bertz CT molecular complexity index is 879. The number of hydrogen-bond acceptors (Lipinski definition) is 3. The lowest BCUT2D eigenvalue weighted by Crippen LogP contribution is -2.36. The number of rotatable bonds is 7. The molecule has 3 rings (SSSR count).